The summed E-state index contributed by atoms with van der Waals surface area (Å²) in [6.07, 6.45) is 0. The number of ether oxygens (including phenoxy) is 1. The fraction of sp³-hybridized carbons (Fsp3) is 0.273. The van der Waals surface area contributed by atoms with Gasteiger partial charge < -0.3 is 15.8 Å². The third-order valence-electron chi connectivity index (χ3n) is 2.44. The molecule has 0 saturated heterocycles. The van der Waals surface area contributed by atoms with Gasteiger partial charge in [-0.25, -0.2) is 4.79 Å². The maximum atomic E-state index is 11.7. The molecule has 0 fully saturated rings. The molecule has 0 aliphatic rings. The number of benzene rings is 1. The van der Waals surface area contributed by atoms with Crippen LogP contribution in [0.25, 0.3) is 0 Å². The van der Waals surface area contributed by atoms with E-state index in [1.54, 1.807) is 0 Å². The largest absolute Gasteiger partial charge is 0.462 e. The fourth-order valence-corrected chi connectivity index (χ4v) is 2.23. The number of nitrogens with two attached hydrogens (primary N) is 1. The van der Waals surface area contributed by atoms with E-state index in [2.05, 4.69) is 24.5 Å². The molecule has 0 unspecified atom stereocenters. The van der Waals surface area contributed by atoms with Crippen molar-refractivity contribution in [1.82, 2.24) is 0 Å². The molecule has 0 aliphatic carbocycles. The average molecular weight is 330 g/mol. The van der Waals surface area contributed by atoms with Crippen molar-refractivity contribution in [3.8, 4) is 0 Å². The highest BCUT2D eigenvalue weighted by atomic mass is 32.2. The molecule has 22 heavy (non-hydrogen) atoms. The molecule has 3 N–H and O–H groups in total. The van der Waals surface area contributed by atoms with Crippen LogP contribution in [0.3, 0.4) is 0 Å². The lowest BCUT2D eigenvalue weighted by atomic mass is 10.2. The number of nitrogen functional groups attached to an aromatic ring is 1. The lowest BCUT2D eigenvalue weighted by Crippen LogP contribution is -2.24. The SMILES string of the molecule is CN=Nc1cc(S(=O)(=O)OC)c(N)cc1NC(=O)C(=O)OC. The Bertz CT molecular complexity index is 728. The molecule has 0 spiro atoms. The minimum Gasteiger partial charge on any atom is -0.462 e. The van der Waals surface area contributed by atoms with Crippen LogP contribution in [-0.4, -0.2) is 41.6 Å². The molecule has 1 rings (SSSR count). The van der Waals surface area contributed by atoms with Gasteiger partial charge in [-0.3, -0.25) is 8.98 Å². The van der Waals surface area contributed by atoms with Crippen LogP contribution >= 0.6 is 0 Å². The second kappa shape index (κ2) is 6.95. The van der Waals surface area contributed by atoms with E-state index in [0.717, 1.165) is 26.4 Å². The number of nitrogens with zero attached hydrogens (tertiary/aromatic N) is 2. The van der Waals surface area contributed by atoms with Gasteiger partial charge in [0.1, 0.15) is 10.6 Å². The van der Waals surface area contributed by atoms with Crippen LogP contribution in [0.2, 0.25) is 0 Å². The molecule has 10 nitrogen and oxygen atoms in total. The molecule has 0 heterocycles. The normalized spacial score (nSPS) is 11.4. The molecule has 11 heteroatoms. The summed E-state index contributed by atoms with van der Waals surface area (Å²) in [4.78, 5) is 22.3. The van der Waals surface area contributed by atoms with Crippen LogP contribution in [0.4, 0.5) is 17.1 Å². The number of rotatable bonds is 4. The van der Waals surface area contributed by atoms with E-state index in [0.29, 0.717) is 0 Å². The highest BCUT2D eigenvalue weighted by Crippen LogP contribution is 2.33. The number of amides is 1. The molecular weight excluding hydrogens is 316 g/mol. The van der Waals surface area contributed by atoms with Gasteiger partial charge in [-0.2, -0.15) is 18.6 Å². The van der Waals surface area contributed by atoms with Crippen molar-refractivity contribution in [2.45, 2.75) is 4.90 Å². The van der Waals surface area contributed by atoms with Gasteiger partial charge >= 0.3 is 11.9 Å². The fourth-order valence-electron chi connectivity index (χ4n) is 1.45. The van der Waals surface area contributed by atoms with Crippen LogP contribution in [0.1, 0.15) is 0 Å². The third-order valence-corrected chi connectivity index (χ3v) is 3.77. The van der Waals surface area contributed by atoms with Gasteiger partial charge in [0, 0.05) is 7.05 Å². The van der Waals surface area contributed by atoms with Gasteiger partial charge in [-0.1, -0.05) is 0 Å². The molecule has 0 aliphatic heterocycles. The van der Waals surface area contributed by atoms with Gasteiger partial charge in [0.15, 0.2) is 0 Å². The molecule has 0 radical (unpaired) electrons. The van der Waals surface area contributed by atoms with Gasteiger partial charge in [-0.05, 0) is 12.1 Å². The Labute approximate surface area is 126 Å². The van der Waals surface area contributed by atoms with Crippen LogP contribution in [0, 0.1) is 0 Å². The standard InChI is InChI=1S/C11H14N4O6S/c1-13-15-8-5-9(22(18,19)21-3)6(12)4-7(8)14-10(16)11(17)20-2/h4-5H,12H2,1-3H3,(H,14,16). The Morgan fingerprint density at radius 1 is 1.27 bits per heavy atom. The van der Waals surface area contributed by atoms with E-state index in [1.165, 1.54) is 7.05 Å². The van der Waals surface area contributed by atoms with Gasteiger partial charge in [0.25, 0.3) is 10.1 Å². The molecule has 1 aromatic rings. The molecule has 0 atom stereocenters. The lowest BCUT2D eigenvalue weighted by Gasteiger charge is -2.11. The molecule has 120 valence electrons. The lowest BCUT2D eigenvalue weighted by molar-refractivity contribution is -0.150. The van der Waals surface area contributed by atoms with Crippen LogP contribution in [-0.2, 0) is 28.6 Å². The van der Waals surface area contributed by atoms with E-state index < -0.39 is 22.0 Å². The summed E-state index contributed by atoms with van der Waals surface area (Å²) < 4.78 is 32.1. The Morgan fingerprint density at radius 2 is 1.91 bits per heavy atom. The van der Waals surface area contributed by atoms with Crippen molar-refractivity contribution in [3.05, 3.63) is 12.1 Å². The number of methoxy groups -OCH3 is 1. The first-order valence-electron chi connectivity index (χ1n) is 5.70. The highest BCUT2D eigenvalue weighted by molar-refractivity contribution is 7.87. The summed E-state index contributed by atoms with van der Waals surface area (Å²) in [5, 5.41) is 9.38. The Morgan fingerprint density at radius 3 is 2.41 bits per heavy atom. The van der Waals surface area contributed by atoms with Crippen LogP contribution in [0.5, 0.6) is 0 Å². The molecule has 0 saturated carbocycles. The van der Waals surface area contributed by atoms with E-state index in [9.17, 15) is 18.0 Å². The van der Waals surface area contributed by atoms with E-state index in [-0.39, 0.29) is 22.0 Å². The summed E-state index contributed by atoms with van der Waals surface area (Å²) in [5.74, 6) is -2.21. The summed E-state index contributed by atoms with van der Waals surface area (Å²) in [6, 6.07) is 2.19. The van der Waals surface area contributed by atoms with Gasteiger partial charge in [-0.15, -0.1) is 0 Å². The zero-order chi connectivity index (χ0) is 16.9. The quantitative estimate of drug-likeness (QED) is 0.267. The molecule has 1 amide bonds. The van der Waals surface area contributed by atoms with Gasteiger partial charge in [0.2, 0.25) is 0 Å². The van der Waals surface area contributed by atoms with E-state index in [1.807, 2.05) is 0 Å². The van der Waals surface area contributed by atoms with Crippen LogP contribution in [0.15, 0.2) is 27.3 Å². The first-order chi connectivity index (χ1) is 10.3. The van der Waals surface area contributed by atoms with Crippen molar-refractivity contribution in [1.29, 1.82) is 0 Å². The van der Waals surface area contributed by atoms with Crippen molar-refractivity contribution in [2.75, 3.05) is 32.3 Å². The maximum absolute atomic E-state index is 11.7. The Kier molecular flexibility index (Phi) is 5.54. The van der Waals surface area contributed by atoms with Crippen molar-refractivity contribution < 1.29 is 26.9 Å². The number of hydrogen-bond acceptors (Lipinski definition) is 9. The predicted octanol–water partition coefficient (Wildman–Crippen LogP) is 0.429. The predicted molar refractivity (Wildman–Crippen MR) is 76.1 cm³/mol. The van der Waals surface area contributed by atoms with Crippen LogP contribution < -0.4 is 11.1 Å². The van der Waals surface area contributed by atoms with E-state index in [4.69, 9.17) is 5.73 Å². The molecule has 0 aromatic heterocycles. The van der Waals surface area contributed by atoms with E-state index >= 15 is 0 Å². The monoisotopic (exact) mass is 330 g/mol. The highest BCUT2D eigenvalue weighted by Gasteiger charge is 2.22. The average Bonchev–Trinajstić information content (AvgIpc) is 2.48. The minimum absolute atomic E-state index is 0.00597. The Balaban J connectivity index is 3.39. The minimum atomic E-state index is -4.07. The van der Waals surface area contributed by atoms with Crippen molar-refractivity contribution in [2.24, 2.45) is 10.2 Å². The second-order valence-electron chi connectivity index (χ2n) is 3.77. The molecule has 0 bridgehead atoms. The summed E-state index contributed by atoms with van der Waals surface area (Å²) in [6.45, 7) is 0. The number of hydrogen-bond donors (Lipinski definition) is 2. The molecular formula is C11H14N4O6S. The van der Waals surface area contributed by atoms with Crippen molar-refractivity contribution >= 4 is 39.1 Å². The smallest absolute Gasteiger partial charge is 0.396 e. The number of carbonyl (C=O) groups is 2. The first kappa shape index (κ1) is 17.5. The summed E-state index contributed by atoms with van der Waals surface area (Å²) in [5.41, 5.74) is 5.41. The number of carbonyl (C=O) groups excluding carboxylic acids is 2. The third kappa shape index (κ3) is 3.77. The maximum Gasteiger partial charge on any atom is 0.396 e. The number of azo groups is 1. The Hall–Kier alpha value is -2.53. The second-order valence-corrected chi connectivity index (χ2v) is 5.46. The zero-order valence-corrected chi connectivity index (χ0v) is 12.8. The van der Waals surface area contributed by atoms with Crippen molar-refractivity contribution in [3.63, 3.8) is 0 Å². The summed E-state index contributed by atoms with van der Waals surface area (Å²) in [7, 11) is -0.713. The topological polar surface area (TPSA) is 150 Å². The number of anilines is 2. The van der Waals surface area contributed by atoms with Gasteiger partial charge in [0.05, 0.1) is 25.6 Å². The zero-order valence-electron chi connectivity index (χ0n) is 12.0. The first-order valence-corrected chi connectivity index (χ1v) is 7.11. The summed E-state index contributed by atoms with van der Waals surface area (Å²) >= 11 is 0. The number of nitrogens with one attached hydrogen (secondary N) is 1. The number of esters is 1. The molecule has 1 aromatic carbocycles.